The van der Waals surface area contributed by atoms with Gasteiger partial charge in [-0.3, -0.25) is 0 Å². The number of aliphatic hydroxyl groups is 1. The zero-order valence-electron chi connectivity index (χ0n) is 10.3. The van der Waals surface area contributed by atoms with E-state index in [1.54, 1.807) is 6.20 Å². The lowest BCUT2D eigenvalue weighted by molar-refractivity contribution is 0.193. The predicted molar refractivity (Wildman–Crippen MR) is 71.0 cm³/mol. The molecule has 1 heterocycles. The summed E-state index contributed by atoms with van der Waals surface area (Å²) in [6.07, 6.45) is 0.507. The second kappa shape index (κ2) is 6.12. The Labute approximate surface area is 114 Å². The van der Waals surface area contributed by atoms with Crippen molar-refractivity contribution in [3.63, 3.8) is 0 Å². The van der Waals surface area contributed by atoms with E-state index in [9.17, 15) is 13.9 Å². The largest absolute Gasteiger partial charge is 0.387 e. The highest BCUT2D eigenvalue weighted by Gasteiger charge is 2.17. The number of hydrogen-bond acceptors (Lipinski definition) is 3. The molecule has 0 amide bonds. The monoisotopic (exact) mass is 281 g/mol. The number of hydrogen-bond donors (Lipinski definition) is 1. The van der Waals surface area contributed by atoms with Gasteiger partial charge in [-0.05, 0) is 30.7 Å². The van der Waals surface area contributed by atoms with Crippen LogP contribution in [-0.2, 0) is 0 Å². The van der Waals surface area contributed by atoms with Crippen molar-refractivity contribution in [3.05, 3.63) is 59.3 Å². The minimum atomic E-state index is -1.20. The average Bonchev–Trinajstić information content (AvgIpc) is 2.38. The highest BCUT2D eigenvalue weighted by atomic mass is 32.2. The molecule has 0 spiro atoms. The van der Waals surface area contributed by atoms with Crippen LogP contribution in [0.15, 0.2) is 41.6 Å². The Kier molecular flexibility index (Phi) is 4.50. The summed E-state index contributed by atoms with van der Waals surface area (Å²) in [6, 6.07) is 7.25. The lowest BCUT2D eigenvalue weighted by Gasteiger charge is -2.12. The van der Waals surface area contributed by atoms with Crippen LogP contribution in [-0.4, -0.2) is 15.8 Å². The van der Waals surface area contributed by atoms with Gasteiger partial charge in [0.05, 0.1) is 16.7 Å². The number of aryl methyl sites for hydroxylation is 1. The van der Waals surface area contributed by atoms with Crippen molar-refractivity contribution in [2.75, 3.05) is 5.75 Å². The third-order valence-corrected chi connectivity index (χ3v) is 3.63. The Balaban J connectivity index is 2.05. The van der Waals surface area contributed by atoms with Gasteiger partial charge in [-0.25, -0.2) is 13.8 Å². The minimum absolute atomic E-state index is 0.147. The minimum Gasteiger partial charge on any atom is -0.387 e. The van der Waals surface area contributed by atoms with Gasteiger partial charge in [-0.2, -0.15) is 0 Å². The molecule has 0 aliphatic carbocycles. The molecule has 2 nitrogen and oxygen atoms in total. The summed E-state index contributed by atoms with van der Waals surface area (Å²) in [4.78, 5) is 4.15. The maximum absolute atomic E-state index is 13.5. The van der Waals surface area contributed by atoms with Gasteiger partial charge in [-0.1, -0.05) is 12.1 Å². The molecule has 0 aliphatic rings. The van der Waals surface area contributed by atoms with Crippen LogP contribution in [0.3, 0.4) is 0 Å². The van der Waals surface area contributed by atoms with E-state index in [0.29, 0.717) is 5.03 Å². The lowest BCUT2D eigenvalue weighted by Crippen LogP contribution is -2.06. The van der Waals surface area contributed by atoms with E-state index in [0.717, 1.165) is 17.7 Å². The zero-order chi connectivity index (χ0) is 13.8. The molecule has 1 N–H and O–H groups in total. The van der Waals surface area contributed by atoms with Crippen LogP contribution in [0.1, 0.15) is 17.2 Å². The molecule has 1 aromatic heterocycles. The summed E-state index contributed by atoms with van der Waals surface area (Å²) >= 11 is 1.26. The molecule has 100 valence electrons. The fourth-order valence-electron chi connectivity index (χ4n) is 1.62. The van der Waals surface area contributed by atoms with E-state index in [1.165, 1.54) is 17.8 Å². The van der Waals surface area contributed by atoms with Crippen LogP contribution in [0.2, 0.25) is 0 Å². The quantitative estimate of drug-likeness (QED) is 0.871. The topological polar surface area (TPSA) is 33.1 Å². The first-order chi connectivity index (χ1) is 9.08. The third-order valence-electron chi connectivity index (χ3n) is 2.61. The molecule has 0 saturated heterocycles. The second-order valence-corrected chi connectivity index (χ2v) is 5.18. The molecule has 19 heavy (non-hydrogen) atoms. The van der Waals surface area contributed by atoms with E-state index in [-0.39, 0.29) is 11.3 Å². The van der Waals surface area contributed by atoms with Gasteiger partial charge in [0, 0.05) is 11.9 Å². The van der Waals surface area contributed by atoms with E-state index in [1.807, 2.05) is 19.1 Å². The molecule has 1 unspecified atom stereocenters. The van der Waals surface area contributed by atoms with Crippen molar-refractivity contribution in [3.8, 4) is 0 Å². The molecule has 0 radical (unpaired) electrons. The Morgan fingerprint density at radius 2 is 1.89 bits per heavy atom. The van der Waals surface area contributed by atoms with Crippen molar-refractivity contribution in [2.24, 2.45) is 0 Å². The number of aromatic nitrogens is 1. The van der Waals surface area contributed by atoms with Crippen LogP contribution in [0.25, 0.3) is 0 Å². The van der Waals surface area contributed by atoms with Gasteiger partial charge in [0.1, 0.15) is 11.6 Å². The number of aliphatic hydroxyl groups excluding tert-OH is 1. The van der Waals surface area contributed by atoms with Gasteiger partial charge < -0.3 is 5.11 Å². The van der Waals surface area contributed by atoms with Crippen molar-refractivity contribution < 1.29 is 13.9 Å². The van der Waals surface area contributed by atoms with Gasteiger partial charge in [-0.15, -0.1) is 11.8 Å². The summed E-state index contributed by atoms with van der Waals surface area (Å²) in [5.41, 5.74) is 0.743. The summed E-state index contributed by atoms with van der Waals surface area (Å²) < 4.78 is 26.9. The fraction of sp³-hybridized carbons (Fsp3) is 0.214. The maximum atomic E-state index is 13.5. The molecule has 1 aromatic carbocycles. The molecular weight excluding hydrogens is 268 g/mol. The second-order valence-electron chi connectivity index (χ2n) is 4.14. The third kappa shape index (κ3) is 3.52. The SMILES string of the molecule is Cc1ccc(SCC(O)c2c(F)cccc2F)nc1. The molecule has 5 heteroatoms. The maximum Gasteiger partial charge on any atom is 0.131 e. The van der Waals surface area contributed by atoms with Crippen LogP contribution in [0, 0.1) is 18.6 Å². The van der Waals surface area contributed by atoms with E-state index >= 15 is 0 Å². The fourth-order valence-corrected chi connectivity index (χ4v) is 2.40. The standard InChI is InChI=1S/C14H13F2NOS/c1-9-5-6-13(17-7-9)19-8-12(18)14-10(15)3-2-4-11(14)16/h2-7,12,18H,8H2,1H3. The lowest BCUT2D eigenvalue weighted by atomic mass is 10.1. The molecule has 1 atom stereocenters. The Bertz CT molecular complexity index is 540. The summed E-state index contributed by atoms with van der Waals surface area (Å²) in [7, 11) is 0. The number of halogens is 2. The van der Waals surface area contributed by atoms with Gasteiger partial charge in [0.15, 0.2) is 0 Å². The summed E-state index contributed by atoms with van der Waals surface area (Å²) in [5, 5.41) is 10.6. The zero-order valence-corrected chi connectivity index (χ0v) is 11.1. The number of nitrogens with zero attached hydrogens (tertiary/aromatic N) is 1. The van der Waals surface area contributed by atoms with Crippen LogP contribution in [0.5, 0.6) is 0 Å². The molecule has 0 saturated carbocycles. The molecular formula is C14H13F2NOS. The summed E-state index contributed by atoms with van der Waals surface area (Å²) in [6.45, 7) is 1.92. The molecule has 0 fully saturated rings. The molecule has 2 rings (SSSR count). The van der Waals surface area contributed by atoms with E-state index < -0.39 is 17.7 Å². The van der Waals surface area contributed by atoms with Crippen molar-refractivity contribution in [1.82, 2.24) is 4.98 Å². The van der Waals surface area contributed by atoms with Gasteiger partial charge in [0.25, 0.3) is 0 Å². The normalized spacial score (nSPS) is 12.4. The predicted octanol–water partition coefficient (Wildman–Crippen LogP) is 3.49. The first-order valence-corrected chi connectivity index (χ1v) is 6.74. The number of thioether (sulfide) groups is 1. The number of benzene rings is 1. The van der Waals surface area contributed by atoms with Crippen LogP contribution in [0.4, 0.5) is 8.78 Å². The summed E-state index contributed by atoms with van der Waals surface area (Å²) in [5.74, 6) is -1.32. The average molecular weight is 281 g/mol. The molecule has 0 aliphatic heterocycles. The highest BCUT2D eigenvalue weighted by Crippen LogP contribution is 2.26. The Morgan fingerprint density at radius 1 is 1.21 bits per heavy atom. The smallest absolute Gasteiger partial charge is 0.131 e. The number of pyridine rings is 1. The van der Waals surface area contributed by atoms with Crippen molar-refractivity contribution >= 4 is 11.8 Å². The van der Waals surface area contributed by atoms with Gasteiger partial charge in [0.2, 0.25) is 0 Å². The van der Waals surface area contributed by atoms with E-state index in [2.05, 4.69) is 4.98 Å². The first-order valence-electron chi connectivity index (χ1n) is 5.75. The number of rotatable bonds is 4. The van der Waals surface area contributed by atoms with Crippen molar-refractivity contribution in [2.45, 2.75) is 18.1 Å². The van der Waals surface area contributed by atoms with Gasteiger partial charge >= 0.3 is 0 Å². The van der Waals surface area contributed by atoms with Crippen LogP contribution < -0.4 is 0 Å². The van der Waals surface area contributed by atoms with Crippen molar-refractivity contribution in [1.29, 1.82) is 0 Å². The van der Waals surface area contributed by atoms with E-state index in [4.69, 9.17) is 0 Å². The first kappa shape index (κ1) is 14.0. The molecule has 2 aromatic rings. The van der Waals surface area contributed by atoms with Crippen LogP contribution >= 0.6 is 11.8 Å². The highest BCUT2D eigenvalue weighted by molar-refractivity contribution is 7.99. The Hall–Kier alpha value is -1.46. The molecule has 0 bridgehead atoms. The Morgan fingerprint density at radius 3 is 2.47 bits per heavy atom.